The normalized spacial score (nSPS) is 15.6. The van der Waals surface area contributed by atoms with Crippen LogP contribution in [0.5, 0.6) is 11.5 Å². The van der Waals surface area contributed by atoms with Crippen molar-refractivity contribution in [2.45, 2.75) is 13.3 Å². The Morgan fingerprint density at radius 2 is 2.18 bits per heavy atom. The van der Waals surface area contributed by atoms with Gasteiger partial charge >= 0.3 is 0 Å². The summed E-state index contributed by atoms with van der Waals surface area (Å²) in [7, 11) is 0. The molecule has 0 aliphatic carbocycles. The second-order valence-corrected chi connectivity index (χ2v) is 4.48. The van der Waals surface area contributed by atoms with Crippen LogP contribution in [0.15, 0.2) is 17.7 Å². The Morgan fingerprint density at radius 1 is 1.41 bits per heavy atom. The van der Waals surface area contributed by atoms with Crippen molar-refractivity contribution in [1.29, 1.82) is 0 Å². The van der Waals surface area contributed by atoms with Crippen molar-refractivity contribution in [3.8, 4) is 11.5 Å². The molecule has 3 nitrogen and oxygen atoms in total. The molecule has 92 valence electrons. The number of hydrogen-bond acceptors (Lipinski definition) is 3. The van der Waals surface area contributed by atoms with E-state index < -0.39 is 0 Å². The molecule has 2 N–H and O–H groups in total. The molecular formula is C13H16ClNO2. The molecule has 1 aliphatic rings. The van der Waals surface area contributed by atoms with Crippen LogP contribution in [0.1, 0.15) is 18.9 Å². The zero-order valence-electron chi connectivity index (χ0n) is 9.83. The lowest BCUT2D eigenvalue weighted by Crippen LogP contribution is -1.99. The summed E-state index contributed by atoms with van der Waals surface area (Å²) < 4.78 is 11.2. The number of ether oxygens (including phenoxy) is 2. The molecule has 0 fully saturated rings. The minimum absolute atomic E-state index is 0.534. The summed E-state index contributed by atoms with van der Waals surface area (Å²) in [6.45, 7) is 3.82. The third-order valence-electron chi connectivity index (χ3n) is 2.56. The predicted molar refractivity (Wildman–Crippen MR) is 69.8 cm³/mol. The van der Waals surface area contributed by atoms with Gasteiger partial charge in [0, 0.05) is 13.0 Å². The maximum absolute atomic E-state index is 6.18. The molecule has 17 heavy (non-hydrogen) atoms. The van der Waals surface area contributed by atoms with Crippen LogP contribution in [0.4, 0.5) is 0 Å². The van der Waals surface area contributed by atoms with Gasteiger partial charge in [-0.05, 0) is 24.6 Å². The molecule has 1 aliphatic heterocycles. The maximum atomic E-state index is 6.18. The van der Waals surface area contributed by atoms with Gasteiger partial charge in [0.25, 0.3) is 0 Å². The van der Waals surface area contributed by atoms with Gasteiger partial charge in [-0.15, -0.1) is 0 Å². The lowest BCUT2D eigenvalue weighted by molar-refractivity contribution is 0.297. The Labute approximate surface area is 106 Å². The van der Waals surface area contributed by atoms with Gasteiger partial charge in [0.15, 0.2) is 11.5 Å². The van der Waals surface area contributed by atoms with Gasteiger partial charge in [-0.1, -0.05) is 23.3 Å². The molecule has 4 heteroatoms. The van der Waals surface area contributed by atoms with Gasteiger partial charge in [-0.2, -0.15) is 0 Å². The van der Waals surface area contributed by atoms with E-state index in [-0.39, 0.29) is 0 Å². The second-order valence-electron chi connectivity index (χ2n) is 4.08. The first-order chi connectivity index (χ1) is 8.20. The Morgan fingerprint density at radius 3 is 2.94 bits per heavy atom. The molecule has 0 spiro atoms. The fourth-order valence-electron chi connectivity index (χ4n) is 1.68. The highest BCUT2D eigenvalue weighted by Gasteiger charge is 2.14. The molecule has 0 unspecified atom stereocenters. The fraction of sp³-hybridized carbons (Fsp3) is 0.385. The van der Waals surface area contributed by atoms with Crippen LogP contribution in [0, 0.1) is 0 Å². The van der Waals surface area contributed by atoms with Crippen molar-refractivity contribution in [3.05, 3.63) is 28.3 Å². The van der Waals surface area contributed by atoms with Gasteiger partial charge in [0.2, 0.25) is 0 Å². The van der Waals surface area contributed by atoms with Gasteiger partial charge in [0.1, 0.15) is 0 Å². The zero-order valence-corrected chi connectivity index (χ0v) is 10.6. The van der Waals surface area contributed by atoms with E-state index in [2.05, 4.69) is 0 Å². The van der Waals surface area contributed by atoms with Crippen molar-refractivity contribution in [2.24, 2.45) is 5.73 Å². The lowest BCUT2D eigenvalue weighted by Gasteiger charge is -2.10. The standard InChI is InChI=1S/C13H16ClNO2/c1-9(8-15)5-10-6-11(14)13-12(7-10)16-3-2-4-17-13/h5-7H,2-4,8,15H2,1H3. The Hall–Kier alpha value is -1.19. The monoisotopic (exact) mass is 253 g/mol. The quantitative estimate of drug-likeness (QED) is 0.882. The first-order valence-corrected chi connectivity index (χ1v) is 6.05. The zero-order chi connectivity index (χ0) is 12.3. The van der Waals surface area contributed by atoms with Crippen LogP contribution in [-0.2, 0) is 0 Å². The van der Waals surface area contributed by atoms with E-state index in [0.717, 1.165) is 17.6 Å². The number of halogens is 1. The molecule has 1 aromatic rings. The molecule has 0 radical (unpaired) electrons. The summed E-state index contributed by atoms with van der Waals surface area (Å²) in [5, 5.41) is 0.584. The minimum atomic E-state index is 0.534. The van der Waals surface area contributed by atoms with E-state index in [1.165, 1.54) is 0 Å². The molecule has 0 atom stereocenters. The second kappa shape index (κ2) is 5.43. The molecule has 0 saturated carbocycles. The lowest BCUT2D eigenvalue weighted by atomic mass is 10.1. The average Bonchev–Trinajstić information content (AvgIpc) is 2.54. The van der Waals surface area contributed by atoms with E-state index in [1.54, 1.807) is 0 Å². The number of nitrogens with two attached hydrogens (primary N) is 1. The van der Waals surface area contributed by atoms with Crippen LogP contribution in [0.2, 0.25) is 5.02 Å². The smallest absolute Gasteiger partial charge is 0.179 e. The van der Waals surface area contributed by atoms with Gasteiger partial charge in [-0.3, -0.25) is 0 Å². The molecule has 0 amide bonds. The van der Waals surface area contributed by atoms with Crippen LogP contribution >= 0.6 is 11.6 Å². The van der Waals surface area contributed by atoms with Crippen LogP contribution in [-0.4, -0.2) is 19.8 Å². The molecule has 1 aromatic carbocycles. The summed E-state index contributed by atoms with van der Waals surface area (Å²) >= 11 is 6.18. The molecule has 0 saturated heterocycles. The van der Waals surface area contributed by atoms with Crippen molar-refractivity contribution in [2.75, 3.05) is 19.8 Å². The Balaban J connectivity index is 2.38. The first kappa shape index (κ1) is 12.3. The van der Waals surface area contributed by atoms with Crippen molar-refractivity contribution in [3.63, 3.8) is 0 Å². The Kier molecular flexibility index (Phi) is 3.92. The number of fused-ring (bicyclic) bond motifs is 1. The molecule has 2 rings (SSSR count). The molecule has 0 aromatic heterocycles. The van der Waals surface area contributed by atoms with Gasteiger partial charge < -0.3 is 15.2 Å². The summed E-state index contributed by atoms with van der Waals surface area (Å²) in [6, 6.07) is 3.81. The molecule has 1 heterocycles. The molecule has 0 bridgehead atoms. The van der Waals surface area contributed by atoms with Crippen molar-refractivity contribution < 1.29 is 9.47 Å². The first-order valence-electron chi connectivity index (χ1n) is 5.67. The summed E-state index contributed by atoms with van der Waals surface area (Å²) in [5.74, 6) is 1.36. The van der Waals surface area contributed by atoms with E-state index in [9.17, 15) is 0 Å². The van der Waals surface area contributed by atoms with Crippen LogP contribution in [0.25, 0.3) is 6.08 Å². The SMILES string of the molecule is CC(=Cc1cc(Cl)c2c(c1)OCCCO2)CN. The number of hydrogen-bond donors (Lipinski definition) is 1. The molecular weight excluding hydrogens is 238 g/mol. The summed E-state index contributed by atoms with van der Waals surface area (Å²) in [6.07, 6.45) is 2.87. The summed E-state index contributed by atoms with van der Waals surface area (Å²) in [5.41, 5.74) is 7.64. The maximum Gasteiger partial charge on any atom is 0.179 e. The van der Waals surface area contributed by atoms with E-state index in [4.69, 9.17) is 26.8 Å². The fourth-order valence-corrected chi connectivity index (χ4v) is 1.95. The Bertz CT molecular complexity index is 443. The minimum Gasteiger partial charge on any atom is -0.489 e. The number of benzene rings is 1. The number of rotatable bonds is 2. The largest absolute Gasteiger partial charge is 0.489 e. The van der Waals surface area contributed by atoms with E-state index >= 15 is 0 Å². The van der Waals surface area contributed by atoms with Crippen LogP contribution in [0.3, 0.4) is 0 Å². The third-order valence-corrected chi connectivity index (χ3v) is 2.84. The van der Waals surface area contributed by atoms with Crippen molar-refractivity contribution in [1.82, 2.24) is 0 Å². The van der Waals surface area contributed by atoms with Crippen LogP contribution < -0.4 is 15.2 Å². The van der Waals surface area contributed by atoms with E-state index in [0.29, 0.717) is 36.3 Å². The highest BCUT2D eigenvalue weighted by atomic mass is 35.5. The van der Waals surface area contributed by atoms with E-state index in [1.807, 2.05) is 25.1 Å². The highest BCUT2D eigenvalue weighted by molar-refractivity contribution is 6.32. The topological polar surface area (TPSA) is 44.5 Å². The third kappa shape index (κ3) is 2.93. The van der Waals surface area contributed by atoms with Gasteiger partial charge in [-0.25, -0.2) is 0 Å². The van der Waals surface area contributed by atoms with Gasteiger partial charge in [0.05, 0.1) is 18.2 Å². The predicted octanol–water partition coefficient (Wildman–Crippen LogP) is 2.86. The highest BCUT2D eigenvalue weighted by Crippen LogP contribution is 2.38. The summed E-state index contributed by atoms with van der Waals surface area (Å²) in [4.78, 5) is 0. The average molecular weight is 254 g/mol. The van der Waals surface area contributed by atoms with Crippen molar-refractivity contribution >= 4 is 17.7 Å².